The van der Waals surface area contributed by atoms with Crippen LogP contribution in [0, 0.1) is 5.82 Å². The fourth-order valence-electron chi connectivity index (χ4n) is 2.16. The maximum absolute atomic E-state index is 13.7. The minimum absolute atomic E-state index is 0.0157. The first-order valence-electron chi connectivity index (χ1n) is 7.48. The van der Waals surface area contributed by atoms with E-state index in [-0.39, 0.29) is 10.6 Å². The Morgan fingerprint density at radius 1 is 0.960 bits per heavy atom. The summed E-state index contributed by atoms with van der Waals surface area (Å²) in [7, 11) is 0. The van der Waals surface area contributed by atoms with E-state index in [0.29, 0.717) is 5.75 Å². The van der Waals surface area contributed by atoms with Crippen molar-refractivity contribution in [3.8, 4) is 5.75 Å². The molecule has 0 aliphatic carbocycles. The number of halogens is 2. The molecule has 0 fully saturated rings. The predicted molar refractivity (Wildman–Crippen MR) is 96.0 cm³/mol. The Bertz CT molecular complexity index is 888. The van der Waals surface area contributed by atoms with Crippen LogP contribution in [0.15, 0.2) is 67.0 Å². The van der Waals surface area contributed by atoms with Crippen LogP contribution in [0.2, 0.25) is 5.02 Å². The third-order valence-electron chi connectivity index (χ3n) is 3.43. The SMILES string of the molecule is O=C(Oc1ccc(/C=C/c2ccncc2)cc1)c1c(F)cccc1Cl. The highest BCUT2D eigenvalue weighted by Gasteiger charge is 2.17. The third kappa shape index (κ3) is 4.31. The normalized spacial score (nSPS) is 10.8. The molecule has 3 aromatic rings. The van der Waals surface area contributed by atoms with Gasteiger partial charge in [-0.15, -0.1) is 0 Å². The lowest BCUT2D eigenvalue weighted by molar-refractivity contribution is 0.0730. The van der Waals surface area contributed by atoms with Gasteiger partial charge in [-0.1, -0.05) is 42.0 Å². The molecule has 124 valence electrons. The van der Waals surface area contributed by atoms with Gasteiger partial charge in [0.15, 0.2) is 0 Å². The highest BCUT2D eigenvalue weighted by Crippen LogP contribution is 2.22. The minimum atomic E-state index is -0.830. The number of carbonyl (C=O) groups excluding carboxylic acids is 1. The number of hydrogen-bond donors (Lipinski definition) is 0. The zero-order chi connectivity index (χ0) is 17.6. The van der Waals surface area contributed by atoms with E-state index in [9.17, 15) is 9.18 Å². The summed E-state index contributed by atoms with van der Waals surface area (Å²) in [6.07, 6.45) is 7.31. The quantitative estimate of drug-likeness (QED) is 0.474. The molecule has 0 atom stereocenters. The second-order valence-corrected chi connectivity index (χ2v) is 5.58. The first-order valence-corrected chi connectivity index (χ1v) is 7.85. The number of hydrogen-bond acceptors (Lipinski definition) is 3. The number of pyridine rings is 1. The van der Waals surface area contributed by atoms with Gasteiger partial charge < -0.3 is 4.74 Å². The van der Waals surface area contributed by atoms with Gasteiger partial charge in [-0.05, 0) is 47.5 Å². The van der Waals surface area contributed by atoms with Gasteiger partial charge in [-0.25, -0.2) is 9.18 Å². The molecule has 0 saturated carbocycles. The molecule has 5 heteroatoms. The first kappa shape index (κ1) is 16.9. The fraction of sp³-hybridized carbons (Fsp3) is 0. The van der Waals surface area contributed by atoms with E-state index in [4.69, 9.17) is 16.3 Å². The molecule has 0 aliphatic rings. The van der Waals surface area contributed by atoms with Crippen LogP contribution in [0.5, 0.6) is 5.75 Å². The number of aromatic nitrogens is 1. The van der Waals surface area contributed by atoms with Crippen molar-refractivity contribution < 1.29 is 13.9 Å². The fourth-order valence-corrected chi connectivity index (χ4v) is 2.41. The Kier molecular flexibility index (Phi) is 5.21. The molecule has 25 heavy (non-hydrogen) atoms. The molecule has 0 N–H and O–H groups in total. The van der Waals surface area contributed by atoms with E-state index < -0.39 is 11.8 Å². The second kappa shape index (κ2) is 7.73. The summed E-state index contributed by atoms with van der Waals surface area (Å²) in [4.78, 5) is 16.0. The topological polar surface area (TPSA) is 39.2 Å². The van der Waals surface area contributed by atoms with E-state index in [1.54, 1.807) is 36.7 Å². The highest BCUT2D eigenvalue weighted by atomic mass is 35.5. The van der Waals surface area contributed by atoms with Gasteiger partial charge in [0.1, 0.15) is 17.1 Å². The smallest absolute Gasteiger partial charge is 0.348 e. The molecule has 0 saturated heterocycles. The first-order chi connectivity index (χ1) is 12.1. The van der Waals surface area contributed by atoms with Crippen molar-refractivity contribution in [3.05, 3.63) is 94.5 Å². The largest absolute Gasteiger partial charge is 0.423 e. The van der Waals surface area contributed by atoms with Crippen molar-refractivity contribution >= 4 is 29.7 Å². The molecule has 3 nitrogen and oxygen atoms in total. The van der Waals surface area contributed by atoms with Crippen molar-refractivity contribution in [1.82, 2.24) is 4.98 Å². The standard InChI is InChI=1S/C20H13ClFNO2/c21-17-2-1-3-18(22)19(17)20(24)25-16-8-6-14(7-9-16)4-5-15-10-12-23-13-11-15/h1-13H/b5-4+. The number of benzene rings is 2. The van der Waals surface area contributed by atoms with Crippen molar-refractivity contribution in [3.63, 3.8) is 0 Å². The molecule has 0 amide bonds. The van der Waals surface area contributed by atoms with Gasteiger partial charge >= 0.3 is 5.97 Å². The maximum atomic E-state index is 13.7. The zero-order valence-corrected chi connectivity index (χ0v) is 13.8. The van der Waals surface area contributed by atoms with Gasteiger partial charge in [0.2, 0.25) is 0 Å². The lowest BCUT2D eigenvalue weighted by atomic mass is 10.1. The van der Waals surface area contributed by atoms with E-state index in [1.165, 1.54) is 12.1 Å². The van der Waals surface area contributed by atoms with E-state index >= 15 is 0 Å². The second-order valence-electron chi connectivity index (χ2n) is 5.17. The van der Waals surface area contributed by atoms with Crippen LogP contribution in [0.1, 0.15) is 21.5 Å². The van der Waals surface area contributed by atoms with Crippen molar-refractivity contribution in [2.24, 2.45) is 0 Å². The number of carbonyl (C=O) groups is 1. The monoisotopic (exact) mass is 353 g/mol. The molecule has 0 spiro atoms. The summed E-state index contributed by atoms with van der Waals surface area (Å²) >= 11 is 5.86. The Labute approximate surface area is 149 Å². The molecule has 0 radical (unpaired) electrons. The molecule has 0 aliphatic heterocycles. The van der Waals surface area contributed by atoms with Gasteiger partial charge in [0.05, 0.1) is 5.02 Å². The number of ether oxygens (including phenoxy) is 1. The average molecular weight is 354 g/mol. The van der Waals surface area contributed by atoms with Crippen molar-refractivity contribution in [1.29, 1.82) is 0 Å². The molecular weight excluding hydrogens is 341 g/mol. The molecular formula is C20H13ClFNO2. The summed E-state index contributed by atoms with van der Waals surface area (Å²) in [5.74, 6) is -1.23. The Hall–Kier alpha value is -2.98. The van der Waals surface area contributed by atoms with E-state index in [0.717, 1.165) is 17.2 Å². The van der Waals surface area contributed by atoms with Crippen LogP contribution in [-0.4, -0.2) is 11.0 Å². The third-order valence-corrected chi connectivity index (χ3v) is 3.75. The molecule has 3 rings (SSSR count). The Morgan fingerprint density at radius 2 is 1.60 bits per heavy atom. The molecule has 2 aromatic carbocycles. The van der Waals surface area contributed by atoms with Crippen LogP contribution < -0.4 is 4.74 Å². The van der Waals surface area contributed by atoms with Crippen LogP contribution in [0.3, 0.4) is 0 Å². The molecule has 1 heterocycles. The summed E-state index contributed by atoms with van der Waals surface area (Å²) in [5, 5.41) is 0.0157. The molecule has 0 bridgehead atoms. The summed E-state index contributed by atoms with van der Waals surface area (Å²) in [6.45, 7) is 0. The highest BCUT2D eigenvalue weighted by molar-refractivity contribution is 6.33. The van der Waals surface area contributed by atoms with Crippen LogP contribution >= 0.6 is 11.6 Å². The molecule has 1 aromatic heterocycles. The lowest BCUT2D eigenvalue weighted by Crippen LogP contribution is -2.11. The predicted octanol–water partition coefficient (Wildman–Crippen LogP) is 5.26. The average Bonchev–Trinajstić information content (AvgIpc) is 2.62. The maximum Gasteiger partial charge on any atom is 0.348 e. The van der Waals surface area contributed by atoms with Crippen LogP contribution in [0.25, 0.3) is 12.2 Å². The van der Waals surface area contributed by atoms with Gasteiger partial charge in [0.25, 0.3) is 0 Å². The van der Waals surface area contributed by atoms with Crippen LogP contribution in [-0.2, 0) is 0 Å². The van der Waals surface area contributed by atoms with Gasteiger partial charge in [-0.3, -0.25) is 4.98 Å². The number of esters is 1. The van der Waals surface area contributed by atoms with Crippen LogP contribution in [0.4, 0.5) is 4.39 Å². The number of nitrogens with zero attached hydrogens (tertiary/aromatic N) is 1. The number of rotatable bonds is 4. The summed E-state index contributed by atoms with van der Waals surface area (Å²) in [5.41, 5.74) is 1.69. The lowest BCUT2D eigenvalue weighted by Gasteiger charge is -2.07. The van der Waals surface area contributed by atoms with Crippen molar-refractivity contribution in [2.45, 2.75) is 0 Å². The minimum Gasteiger partial charge on any atom is -0.423 e. The van der Waals surface area contributed by atoms with Crippen molar-refractivity contribution in [2.75, 3.05) is 0 Å². The zero-order valence-electron chi connectivity index (χ0n) is 13.0. The molecule has 0 unspecified atom stereocenters. The van der Waals surface area contributed by atoms with E-state index in [2.05, 4.69) is 4.98 Å². The van der Waals surface area contributed by atoms with Gasteiger partial charge in [-0.2, -0.15) is 0 Å². The Morgan fingerprint density at radius 3 is 2.24 bits per heavy atom. The van der Waals surface area contributed by atoms with Gasteiger partial charge in [0, 0.05) is 12.4 Å². The van der Waals surface area contributed by atoms with E-state index in [1.807, 2.05) is 24.3 Å². The summed E-state index contributed by atoms with van der Waals surface area (Å²) < 4.78 is 18.9. The summed E-state index contributed by atoms with van der Waals surface area (Å²) in [6, 6.07) is 14.7. The Balaban J connectivity index is 1.70.